The molecule has 92 valence electrons. The maximum atomic E-state index is 11.4. The van der Waals surface area contributed by atoms with Crippen molar-refractivity contribution in [2.75, 3.05) is 11.1 Å². The molecule has 0 amide bonds. The van der Waals surface area contributed by atoms with Gasteiger partial charge in [0.1, 0.15) is 0 Å². The molecule has 0 heterocycles. The Bertz CT molecular complexity index is 550. The van der Waals surface area contributed by atoms with Crippen molar-refractivity contribution in [3.05, 3.63) is 59.7 Å². The van der Waals surface area contributed by atoms with E-state index in [9.17, 15) is 4.79 Å². The SMILES string of the molecule is CC(=O)c1cc(NCc2ccccc2)ccc1N. The number of ketones is 1. The van der Waals surface area contributed by atoms with Gasteiger partial charge in [0.2, 0.25) is 0 Å². The fourth-order valence-electron chi connectivity index (χ4n) is 1.77. The molecule has 3 nitrogen and oxygen atoms in total. The summed E-state index contributed by atoms with van der Waals surface area (Å²) in [4.78, 5) is 11.4. The molecule has 0 spiro atoms. The van der Waals surface area contributed by atoms with Crippen LogP contribution in [0.15, 0.2) is 48.5 Å². The number of benzene rings is 2. The summed E-state index contributed by atoms with van der Waals surface area (Å²) < 4.78 is 0. The summed E-state index contributed by atoms with van der Waals surface area (Å²) in [5.74, 6) is -0.0177. The quantitative estimate of drug-likeness (QED) is 0.638. The zero-order valence-corrected chi connectivity index (χ0v) is 10.3. The molecule has 0 fully saturated rings. The van der Waals surface area contributed by atoms with E-state index in [1.165, 1.54) is 12.5 Å². The van der Waals surface area contributed by atoms with E-state index in [-0.39, 0.29) is 5.78 Å². The van der Waals surface area contributed by atoms with Crippen molar-refractivity contribution in [1.82, 2.24) is 0 Å². The highest BCUT2D eigenvalue weighted by atomic mass is 16.1. The Morgan fingerprint density at radius 2 is 1.89 bits per heavy atom. The fraction of sp³-hybridized carbons (Fsp3) is 0.133. The highest BCUT2D eigenvalue weighted by Gasteiger charge is 2.05. The molecule has 0 aromatic heterocycles. The normalized spacial score (nSPS) is 10.1. The van der Waals surface area contributed by atoms with Crippen LogP contribution >= 0.6 is 0 Å². The number of anilines is 2. The van der Waals surface area contributed by atoms with E-state index in [0.29, 0.717) is 11.3 Å². The monoisotopic (exact) mass is 240 g/mol. The number of nitrogens with one attached hydrogen (secondary N) is 1. The number of hydrogen-bond acceptors (Lipinski definition) is 3. The van der Waals surface area contributed by atoms with Crippen LogP contribution in [0, 0.1) is 0 Å². The first-order valence-electron chi connectivity index (χ1n) is 5.85. The molecule has 3 heteroatoms. The van der Waals surface area contributed by atoms with Crippen LogP contribution in [-0.4, -0.2) is 5.78 Å². The van der Waals surface area contributed by atoms with Gasteiger partial charge in [-0.1, -0.05) is 30.3 Å². The van der Waals surface area contributed by atoms with Crippen LogP contribution in [0.25, 0.3) is 0 Å². The molecule has 2 aromatic rings. The second-order valence-corrected chi connectivity index (χ2v) is 4.20. The summed E-state index contributed by atoms with van der Waals surface area (Å²) in [6.45, 7) is 2.24. The predicted molar refractivity (Wildman–Crippen MR) is 74.6 cm³/mol. The molecule has 2 rings (SSSR count). The number of nitrogens with two attached hydrogens (primary N) is 1. The highest BCUT2D eigenvalue weighted by molar-refractivity contribution is 5.99. The maximum absolute atomic E-state index is 11.4. The lowest BCUT2D eigenvalue weighted by Gasteiger charge is -2.09. The number of Topliss-reactive ketones (excluding diaryl/α,β-unsaturated/α-hetero) is 1. The molecule has 0 saturated carbocycles. The maximum Gasteiger partial charge on any atom is 0.161 e. The van der Waals surface area contributed by atoms with E-state index >= 15 is 0 Å². The van der Waals surface area contributed by atoms with Crippen molar-refractivity contribution in [2.45, 2.75) is 13.5 Å². The minimum Gasteiger partial charge on any atom is -0.398 e. The number of carbonyl (C=O) groups is 1. The molecule has 2 aromatic carbocycles. The van der Waals surface area contributed by atoms with Gasteiger partial charge >= 0.3 is 0 Å². The van der Waals surface area contributed by atoms with Crippen molar-refractivity contribution in [1.29, 1.82) is 0 Å². The first kappa shape index (κ1) is 12.2. The van der Waals surface area contributed by atoms with Crippen LogP contribution in [0.4, 0.5) is 11.4 Å². The highest BCUT2D eigenvalue weighted by Crippen LogP contribution is 2.19. The van der Waals surface area contributed by atoms with Gasteiger partial charge in [0, 0.05) is 23.5 Å². The van der Waals surface area contributed by atoms with Crippen molar-refractivity contribution >= 4 is 17.2 Å². The average molecular weight is 240 g/mol. The van der Waals surface area contributed by atoms with Gasteiger partial charge in [-0.05, 0) is 30.7 Å². The van der Waals surface area contributed by atoms with Crippen LogP contribution in [0.5, 0.6) is 0 Å². The van der Waals surface area contributed by atoms with Gasteiger partial charge in [-0.3, -0.25) is 4.79 Å². The van der Waals surface area contributed by atoms with Crippen LogP contribution in [0.3, 0.4) is 0 Å². The van der Waals surface area contributed by atoms with Gasteiger partial charge in [0.25, 0.3) is 0 Å². The molecule has 3 N–H and O–H groups in total. The van der Waals surface area contributed by atoms with Crippen molar-refractivity contribution in [3.8, 4) is 0 Å². The Morgan fingerprint density at radius 3 is 2.56 bits per heavy atom. The first-order valence-corrected chi connectivity index (χ1v) is 5.85. The molecule has 0 radical (unpaired) electrons. The van der Waals surface area contributed by atoms with Crippen LogP contribution < -0.4 is 11.1 Å². The van der Waals surface area contributed by atoms with Gasteiger partial charge in [0.05, 0.1) is 0 Å². The Balaban J connectivity index is 2.11. The minimum atomic E-state index is -0.0177. The van der Waals surface area contributed by atoms with Gasteiger partial charge in [-0.25, -0.2) is 0 Å². The standard InChI is InChI=1S/C15H16N2O/c1-11(18)14-9-13(7-8-15(14)16)17-10-12-5-3-2-4-6-12/h2-9,17H,10,16H2,1H3. The summed E-state index contributed by atoms with van der Waals surface area (Å²) >= 11 is 0. The number of nitrogen functional groups attached to an aromatic ring is 1. The van der Waals surface area contributed by atoms with Crippen LogP contribution in [-0.2, 0) is 6.54 Å². The molecule has 0 atom stereocenters. The minimum absolute atomic E-state index is 0.0177. The summed E-state index contributed by atoms with van der Waals surface area (Å²) in [5, 5.41) is 3.28. The van der Waals surface area contributed by atoms with Gasteiger partial charge in [0.15, 0.2) is 5.78 Å². The summed E-state index contributed by atoms with van der Waals surface area (Å²) in [6.07, 6.45) is 0. The molecule has 0 unspecified atom stereocenters. The van der Waals surface area contributed by atoms with E-state index in [1.807, 2.05) is 24.3 Å². The van der Waals surface area contributed by atoms with Crippen LogP contribution in [0.2, 0.25) is 0 Å². The summed E-state index contributed by atoms with van der Waals surface area (Å²) in [5.41, 5.74) is 8.93. The molecule has 0 saturated heterocycles. The van der Waals surface area contributed by atoms with Crippen molar-refractivity contribution in [2.24, 2.45) is 0 Å². The lowest BCUT2D eigenvalue weighted by atomic mass is 10.1. The first-order chi connectivity index (χ1) is 8.66. The molecule has 18 heavy (non-hydrogen) atoms. The van der Waals surface area contributed by atoms with E-state index in [1.54, 1.807) is 12.1 Å². The van der Waals surface area contributed by atoms with Crippen molar-refractivity contribution in [3.63, 3.8) is 0 Å². The molecular weight excluding hydrogens is 224 g/mol. The Morgan fingerprint density at radius 1 is 1.17 bits per heavy atom. The largest absolute Gasteiger partial charge is 0.398 e. The lowest BCUT2D eigenvalue weighted by Crippen LogP contribution is -2.03. The molecule has 0 bridgehead atoms. The second-order valence-electron chi connectivity index (χ2n) is 4.20. The molecule has 0 aliphatic rings. The van der Waals surface area contributed by atoms with E-state index < -0.39 is 0 Å². The van der Waals surface area contributed by atoms with Gasteiger partial charge in [-0.15, -0.1) is 0 Å². The third-order valence-electron chi connectivity index (χ3n) is 2.77. The molecule has 0 aliphatic heterocycles. The topological polar surface area (TPSA) is 55.1 Å². The third-order valence-corrected chi connectivity index (χ3v) is 2.77. The predicted octanol–water partition coefficient (Wildman–Crippen LogP) is 3.08. The zero-order valence-electron chi connectivity index (χ0n) is 10.3. The zero-order chi connectivity index (χ0) is 13.0. The fourth-order valence-corrected chi connectivity index (χ4v) is 1.77. The lowest BCUT2D eigenvalue weighted by molar-refractivity contribution is 0.101. The third kappa shape index (κ3) is 2.88. The van der Waals surface area contributed by atoms with E-state index in [0.717, 1.165) is 12.2 Å². The second kappa shape index (κ2) is 5.36. The van der Waals surface area contributed by atoms with Crippen molar-refractivity contribution < 1.29 is 4.79 Å². The summed E-state index contributed by atoms with van der Waals surface area (Å²) in [7, 11) is 0. The van der Waals surface area contributed by atoms with Gasteiger partial charge < -0.3 is 11.1 Å². The number of carbonyl (C=O) groups excluding carboxylic acids is 1. The smallest absolute Gasteiger partial charge is 0.161 e. The Labute approximate surface area is 107 Å². The number of rotatable bonds is 4. The Kier molecular flexibility index (Phi) is 3.63. The summed E-state index contributed by atoms with van der Waals surface area (Å²) in [6, 6.07) is 15.5. The van der Waals surface area contributed by atoms with Gasteiger partial charge in [-0.2, -0.15) is 0 Å². The van der Waals surface area contributed by atoms with Crippen LogP contribution in [0.1, 0.15) is 22.8 Å². The van der Waals surface area contributed by atoms with E-state index in [4.69, 9.17) is 5.73 Å². The van der Waals surface area contributed by atoms with E-state index in [2.05, 4.69) is 17.4 Å². The molecule has 0 aliphatic carbocycles. The average Bonchev–Trinajstić information content (AvgIpc) is 2.38. The Hall–Kier alpha value is -2.29. The molecular formula is C15H16N2O. The number of hydrogen-bond donors (Lipinski definition) is 2.